The number of unbranched alkanes of at least 4 members (excludes halogenated alkanes) is 1. The van der Waals surface area contributed by atoms with Crippen molar-refractivity contribution in [2.75, 3.05) is 13.2 Å². The van der Waals surface area contributed by atoms with Gasteiger partial charge in [-0.15, -0.1) is 0 Å². The van der Waals surface area contributed by atoms with Gasteiger partial charge in [0.05, 0.1) is 0 Å². The number of hydrogen-bond acceptors (Lipinski definition) is 4. The van der Waals surface area contributed by atoms with Crippen molar-refractivity contribution in [2.45, 2.75) is 59.0 Å². The number of hydrogen-bond donors (Lipinski definition) is 3. The SMILES string of the molecule is Cc1c(C)c2c(c(C)c1O)CCC(C)(C(=O)NCCCCO)O2. The second kappa shape index (κ2) is 6.79. The van der Waals surface area contributed by atoms with Gasteiger partial charge in [0, 0.05) is 25.1 Å². The molecule has 0 spiro atoms. The van der Waals surface area contributed by atoms with E-state index in [2.05, 4.69) is 5.32 Å². The Bertz CT molecular complexity index is 612. The van der Waals surface area contributed by atoms with Crippen LogP contribution in [-0.4, -0.2) is 34.9 Å². The molecule has 0 saturated heterocycles. The van der Waals surface area contributed by atoms with Gasteiger partial charge >= 0.3 is 0 Å². The average molecular weight is 321 g/mol. The molecule has 0 aromatic heterocycles. The van der Waals surface area contributed by atoms with Crippen LogP contribution < -0.4 is 10.1 Å². The smallest absolute Gasteiger partial charge is 0.263 e. The van der Waals surface area contributed by atoms with Gasteiger partial charge in [0.15, 0.2) is 5.60 Å². The third-order valence-electron chi connectivity index (χ3n) is 4.87. The summed E-state index contributed by atoms with van der Waals surface area (Å²) in [5.74, 6) is 0.933. The lowest BCUT2D eigenvalue weighted by Gasteiger charge is -2.36. The van der Waals surface area contributed by atoms with Gasteiger partial charge in [-0.3, -0.25) is 4.79 Å². The summed E-state index contributed by atoms with van der Waals surface area (Å²) in [4.78, 5) is 12.5. The quantitative estimate of drug-likeness (QED) is 0.727. The largest absolute Gasteiger partial charge is 0.507 e. The van der Waals surface area contributed by atoms with Crippen molar-refractivity contribution in [1.82, 2.24) is 5.32 Å². The van der Waals surface area contributed by atoms with Crippen LogP contribution in [0.3, 0.4) is 0 Å². The van der Waals surface area contributed by atoms with Gasteiger partial charge in [0.2, 0.25) is 0 Å². The number of phenolic OH excluding ortho intramolecular Hbond substituents is 1. The van der Waals surface area contributed by atoms with Crippen LogP contribution >= 0.6 is 0 Å². The molecule has 1 aromatic rings. The minimum Gasteiger partial charge on any atom is -0.507 e. The first-order chi connectivity index (χ1) is 10.8. The highest BCUT2D eigenvalue weighted by molar-refractivity contribution is 5.85. The number of fused-ring (bicyclic) bond motifs is 1. The number of aromatic hydroxyl groups is 1. The molecule has 5 heteroatoms. The minimum atomic E-state index is -0.896. The third kappa shape index (κ3) is 3.29. The van der Waals surface area contributed by atoms with Gasteiger partial charge in [-0.1, -0.05) is 0 Å². The maximum Gasteiger partial charge on any atom is 0.263 e. The number of amides is 1. The van der Waals surface area contributed by atoms with Crippen LogP contribution in [0, 0.1) is 20.8 Å². The summed E-state index contributed by atoms with van der Waals surface area (Å²) in [6.07, 6.45) is 2.71. The van der Waals surface area contributed by atoms with Gasteiger partial charge in [0.1, 0.15) is 11.5 Å². The summed E-state index contributed by atoms with van der Waals surface area (Å²) in [5, 5.41) is 21.9. The molecule has 2 rings (SSSR count). The summed E-state index contributed by atoms with van der Waals surface area (Å²) in [7, 11) is 0. The highest BCUT2D eigenvalue weighted by atomic mass is 16.5. The molecule has 0 radical (unpaired) electrons. The fourth-order valence-electron chi connectivity index (χ4n) is 3.03. The summed E-state index contributed by atoms with van der Waals surface area (Å²) in [5.41, 5.74) is 2.63. The first-order valence-corrected chi connectivity index (χ1v) is 8.21. The zero-order chi connectivity index (χ0) is 17.2. The number of phenols is 1. The molecule has 0 aliphatic carbocycles. The standard InChI is InChI=1S/C18H27NO4/c1-11-12(2)16-14(13(3)15(11)21)7-8-18(4,23-16)17(22)19-9-5-6-10-20/h20-21H,5-10H2,1-4H3,(H,19,22). The van der Waals surface area contributed by atoms with Gasteiger partial charge in [-0.25, -0.2) is 0 Å². The van der Waals surface area contributed by atoms with Crippen LogP contribution in [0.15, 0.2) is 0 Å². The molecule has 3 N–H and O–H groups in total. The van der Waals surface area contributed by atoms with E-state index in [1.54, 1.807) is 0 Å². The van der Waals surface area contributed by atoms with Crippen molar-refractivity contribution < 1.29 is 19.7 Å². The summed E-state index contributed by atoms with van der Waals surface area (Å²) in [6.45, 7) is 8.16. The van der Waals surface area contributed by atoms with E-state index in [1.165, 1.54) is 0 Å². The Kier molecular flexibility index (Phi) is 5.19. The summed E-state index contributed by atoms with van der Waals surface area (Å²) in [6, 6.07) is 0. The van der Waals surface area contributed by atoms with Gasteiger partial charge < -0.3 is 20.3 Å². The Labute approximate surface area is 137 Å². The first-order valence-electron chi connectivity index (χ1n) is 8.21. The minimum absolute atomic E-state index is 0.121. The molecule has 0 fully saturated rings. The monoisotopic (exact) mass is 321 g/mol. The number of nitrogens with one attached hydrogen (secondary N) is 1. The molecule has 128 valence electrons. The number of aliphatic hydroxyl groups is 1. The zero-order valence-corrected chi connectivity index (χ0v) is 14.5. The topological polar surface area (TPSA) is 78.8 Å². The molecule has 23 heavy (non-hydrogen) atoms. The second-order valence-electron chi connectivity index (χ2n) is 6.55. The molecule has 1 atom stereocenters. The lowest BCUT2D eigenvalue weighted by atomic mass is 9.86. The molecule has 1 aliphatic rings. The van der Waals surface area contributed by atoms with E-state index in [0.717, 1.165) is 34.4 Å². The van der Waals surface area contributed by atoms with E-state index >= 15 is 0 Å². The molecule has 1 unspecified atom stereocenters. The maximum atomic E-state index is 12.5. The molecule has 1 amide bonds. The highest BCUT2D eigenvalue weighted by Gasteiger charge is 2.40. The van der Waals surface area contributed by atoms with Crippen molar-refractivity contribution in [3.05, 3.63) is 22.3 Å². The van der Waals surface area contributed by atoms with Crippen molar-refractivity contribution in [3.63, 3.8) is 0 Å². The van der Waals surface area contributed by atoms with Crippen molar-refractivity contribution in [1.29, 1.82) is 0 Å². The van der Waals surface area contributed by atoms with E-state index in [-0.39, 0.29) is 12.5 Å². The van der Waals surface area contributed by atoms with Gasteiger partial charge in [-0.2, -0.15) is 0 Å². The van der Waals surface area contributed by atoms with Gasteiger partial charge in [-0.05, 0) is 63.6 Å². The lowest BCUT2D eigenvalue weighted by Crippen LogP contribution is -2.51. The van der Waals surface area contributed by atoms with Crippen molar-refractivity contribution >= 4 is 5.91 Å². The molecular weight excluding hydrogens is 294 g/mol. The lowest BCUT2D eigenvalue weighted by molar-refractivity contribution is -0.136. The number of aliphatic hydroxyl groups excluding tert-OH is 1. The molecular formula is C18H27NO4. The Morgan fingerprint density at radius 2 is 1.91 bits per heavy atom. The van der Waals surface area contributed by atoms with Crippen molar-refractivity contribution in [2.24, 2.45) is 0 Å². The van der Waals surface area contributed by atoms with E-state index in [9.17, 15) is 9.90 Å². The normalized spacial score (nSPS) is 19.9. The fraction of sp³-hybridized carbons (Fsp3) is 0.611. The predicted octanol–water partition coefficient (Wildman–Crippen LogP) is 2.29. The van der Waals surface area contributed by atoms with Crippen LogP contribution in [0.25, 0.3) is 0 Å². The molecule has 1 heterocycles. The molecule has 1 aliphatic heterocycles. The number of carbonyl (C=O) groups is 1. The summed E-state index contributed by atoms with van der Waals surface area (Å²) >= 11 is 0. The molecule has 5 nitrogen and oxygen atoms in total. The number of rotatable bonds is 5. The average Bonchev–Trinajstić information content (AvgIpc) is 2.54. The number of ether oxygens (including phenoxy) is 1. The van der Waals surface area contributed by atoms with Crippen LogP contribution in [-0.2, 0) is 11.2 Å². The van der Waals surface area contributed by atoms with Crippen LogP contribution in [0.2, 0.25) is 0 Å². The molecule has 0 bridgehead atoms. The Hall–Kier alpha value is -1.75. The Morgan fingerprint density at radius 1 is 1.22 bits per heavy atom. The van der Waals surface area contributed by atoms with Crippen molar-refractivity contribution in [3.8, 4) is 11.5 Å². The van der Waals surface area contributed by atoms with E-state index in [1.807, 2.05) is 27.7 Å². The van der Waals surface area contributed by atoms with Crippen LogP contribution in [0.5, 0.6) is 11.5 Å². The Morgan fingerprint density at radius 3 is 2.57 bits per heavy atom. The van der Waals surface area contributed by atoms with Gasteiger partial charge in [0.25, 0.3) is 5.91 Å². The van der Waals surface area contributed by atoms with Crippen LogP contribution in [0.4, 0.5) is 0 Å². The first kappa shape index (κ1) is 17.6. The van der Waals surface area contributed by atoms with Crippen LogP contribution in [0.1, 0.15) is 48.4 Å². The highest BCUT2D eigenvalue weighted by Crippen LogP contribution is 2.43. The second-order valence-corrected chi connectivity index (χ2v) is 6.55. The number of benzene rings is 1. The Balaban J connectivity index is 2.20. The molecule has 0 saturated carbocycles. The maximum absolute atomic E-state index is 12.5. The van der Waals surface area contributed by atoms with E-state index in [4.69, 9.17) is 9.84 Å². The number of carbonyl (C=O) groups excluding carboxylic acids is 1. The van der Waals surface area contributed by atoms with E-state index < -0.39 is 5.60 Å². The zero-order valence-electron chi connectivity index (χ0n) is 14.5. The third-order valence-corrected chi connectivity index (χ3v) is 4.87. The fourth-order valence-corrected chi connectivity index (χ4v) is 3.03. The molecule has 1 aromatic carbocycles. The van der Waals surface area contributed by atoms with E-state index in [0.29, 0.717) is 31.6 Å². The summed E-state index contributed by atoms with van der Waals surface area (Å²) < 4.78 is 6.11. The predicted molar refractivity (Wildman–Crippen MR) is 89.0 cm³/mol.